The first-order valence-electron chi connectivity index (χ1n) is 12.0. The predicted octanol–water partition coefficient (Wildman–Crippen LogP) is 3.69. The number of aromatic nitrogens is 4. The third kappa shape index (κ3) is 4.34. The fraction of sp³-hybridized carbons (Fsp3) is 0.231. The second-order valence-corrected chi connectivity index (χ2v) is 9.61. The van der Waals surface area contributed by atoms with Crippen LogP contribution in [0.1, 0.15) is 24.5 Å². The van der Waals surface area contributed by atoms with E-state index >= 15 is 0 Å². The smallest absolute Gasteiger partial charge is 0.315 e. The Morgan fingerprint density at radius 1 is 1.11 bits per heavy atom. The molecule has 2 aliphatic rings. The van der Waals surface area contributed by atoms with Gasteiger partial charge in [0.05, 0.1) is 35.0 Å². The van der Waals surface area contributed by atoms with E-state index in [4.69, 9.17) is 11.6 Å². The van der Waals surface area contributed by atoms with Crippen molar-refractivity contribution in [2.24, 2.45) is 4.99 Å². The molecule has 4 aromatic rings. The first-order chi connectivity index (χ1) is 18.3. The lowest BCUT2D eigenvalue weighted by Gasteiger charge is -2.20. The van der Waals surface area contributed by atoms with Gasteiger partial charge in [0.2, 0.25) is 0 Å². The summed E-state index contributed by atoms with van der Waals surface area (Å²) >= 11 is 5.79. The number of carbonyl (C=O) groups excluding carboxylic acids is 2. The molecule has 0 saturated heterocycles. The highest BCUT2D eigenvalue weighted by atomic mass is 35.5. The van der Waals surface area contributed by atoms with Gasteiger partial charge in [-0.2, -0.15) is 5.10 Å². The molecule has 2 N–H and O–H groups in total. The van der Waals surface area contributed by atoms with Crippen LogP contribution in [-0.4, -0.2) is 49.6 Å². The zero-order valence-corrected chi connectivity index (χ0v) is 21.0. The molecule has 3 amide bonds. The number of urea groups is 1. The van der Waals surface area contributed by atoms with Crippen LogP contribution in [0.15, 0.2) is 59.7 Å². The van der Waals surface area contributed by atoms with Crippen LogP contribution in [-0.2, 0) is 11.3 Å². The van der Waals surface area contributed by atoms with E-state index in [1.54, 1.807) is 24.1 Å². The predicted molar refractivity (Wildman–Crippen MR) is 140 cm³/mol. The van der Waals surface area contributed by atoms with Crippen LogP contribution in [0.4, 0.5) is 14.9 Å². The van der Waals surface area contributed by atoms with Crippen molar-refractivity contribution >= 4 is 46.0 Å². The Kier molecular flexibility index (Phi) is 5.79. The topological polar surface area (TPSA) is 117 Å². The van der Waals surface area contributed by atoms with E-state index in [2.05, 4.69) is 30.7 Å². The van der Waals surface area contributed by atoms with Gasteiger partial charge in [-0.05, 0) is 50.1 Å². The number of amidine groups is 1. The van der Waals surface area contributed by atoms with Crippen molar-refractivity contribution in [3.63, 3.8) is 0 Å². The summed E-state index contributed by atoms with van der Waals surface area (Å²) in [6.45, 7) is 1.78. The summed E-state index contributed by atoms with van der Waals surface area (Å²) in [5.41, 5.74) is 1.12. The molecular weight excluding hydrogens is 511 g/mol. The summed E-state index contributed by atoms with van der Waals surface area (Å²) < 4.78 is 15.4. The Morgan fingerprint density at radius 3 is 2.68 bits per heavy atom. The van der Waals surface area contributed by atoms with Crippen LogP contribution < -0.4 is 15.5 Å². The van der Waals surface area contributed by atoms with Crippen molar-refractivity contribution in [3.8, 4) is 5.69 Å². The molecular formula is C26H22ClFN8O2. The van der Waals surface area contributed by atoms with Gasteiger partial charge in [0.1, 0.15) is 23.0 Å². The number of amides is 3. The lowest BCUT2D eigenvalue weighted by atomic mass is 10.1. The number of nitrogens with one attached hydrogen (secondary N) is 2. The van der Waals surface area contributed by atoms with Crippen LogP contribution in [0.2, 0.25) is 5.02 Å². The lowest BCUT2D eigenvalue weighted by molar-refractivity contribution is -0.119. The van der Waals surface area contributed by atoms with Crippen LogP contribution >= 0.6 is 11.6 Å². The molecule has 0 radical (unpaired) electrons. The quantitative estimate of drug-likeness (QED) is 0.393. The van der Waals surface area contributed by atoms with Gasteiger partial charge >= 0.3 is 6.03 Å². The average Bonchev–Trinajstić information content (AvgIpc) is 3.52. The summed E-state index contributed by atoms with van der Waals surface area (Å²) in [6, 6.07) is 13.2. The highest BCUT2D eigenvalue weighted by Gasteiger charge is 2.57. The first kappa shape index (κ1) is 24.0. The Labute approximate surface area is 221 Å². The van der Waals surface area contributed by atoms with Crippen molar-refractivity contribution in [2.75, 3.05) is 11.4 Å². The molecule has 1 aliphatic heterocycles. The van der Waals surface area contributed by atoms with E-state index in [0.29, 0.717) is 41.7 Å². The number of nitrogens with zero attached hydrogens (tertiary/aromatic N) is 6. The van der Waals surface area contributed by atoms with Crippen molar-refractivity contribution in [3.05, 3.63) is 77.2 Å². The fourth-order valence-electron chi connectivity index (χ4n) is 4.47. The van der Waals surface area contributed by atoms with Gasteiger partial charge in [-0.1, -0.05) is 23.7 Å². The van der Waals surface area contributed by atoms with Gasteiger partial charge in [0, 0.05) is 17.6 Å². The van der Waals surface area contributed by atoms with E-state index in [9.17, 15) is 14.0 Å². The number of halogens is 2. The number of fused-ring (bicyclic) bond motifs is 1. The number of carbonyl (C=O) groups is 2. The number of benzene rings is 2. The number of hydrogen-bond donors (Lipinski definition) is 2. The second kappa shape index (κ2) is 9.18. The van der Waals surface area contributed by atoms with E-state index in [1.165, 1.54) is 16.8 Å². The maximum atomic E-state index is 14.0. The van der Waals surface area contributed by atoms with Gasteiger partial charge in [-0.15, -0.1) is 0 Å². The lowest BCUT2D eigenvalue weighted by Crippen LogP contribution is -2.44. The fourth-order valence-corrected chi connectivity index (χ4v) is 4.59. The monoisotopic (exact) mass is 532 g/mol. The molecule has 12 heteroatoms. The van der Waals surface area contributed by atoms with Crippen molar-refractivity contribution in [1.82, 2.24) is 30.4 Å². The average molecular weight is 533 g/mol. The summed E-state index contributed by atoms with van der Waals surface area (Å²) in [6.07, 6.45) is 3.07. The standard InChI is InChI=1S/C26H22ClFN8O2/c1-15-32-22(36(34-15)18-6-7-19(27)20(28)11-18)13-30-25(38)31-14-23-33-26(8-9-26)24(37)35(23)17-5-4-16-3-2-10-29-21(16)12-17/h2-7,10-12H,8-9,13-14H2,1H3,(H2,30,31,38). The molecule has 0 unspecified atom stereocenters. The minimum absolute atomic E-state index is 0.0000718. The molecule has 192 valence electrons. The number of anilines is 1. The molecule has 1 aliphatic carbocycles. The maximum Gasteiger partial charge on any atom is 0.315 e. The van der Waals surface area contributed by atoms with Gasteiger partial charge in [0.25, 0.3) is 5.91 Å². The normalized spacial score (nSPS) is 15.7. The minimum atomic E-state index is -0.728. The summed E-state index contributed by atoms with van der Waals surface area (Å²) in [5.74, 6) is 0.667. The zero-order chi connectivity index (χ0) is 26.4. The molecule has 1 saturated carbocycles. The number of hydrogen-bond acceptors (Lipinski definition) is 6. The molecule has 2 aromatic heterocycles. The largest absolute Gasteiger partial charge is 0.331 e. The first-order valence-corrected chi connectivity index (χ1v) is 12.4. The Bertz CT molecular complexity index is 1630. The maximum absolute atomic E-state index is 14.0. The highest BCUT2D eigenvalue weighted by Crippen LogP contribution is 2.46. The Balaban J connectivity index is 1.15. The van der Waals surface area contributed by atoms with Gasteiger partial charge < -0.3 is 10.6 Å². The molecule has 10 nitrogen and oxygen atoms in total. The molecule has 0 atom stereocenters. The van der Waals surface area contributed by atoms with Crippen LogP contribution in [0, 0.1) is 12.7 Å². The van der Waals surface area contributed by atoms with Crippen LogP contribution in [0.5, 0.6) is 0 Å². The van der Waals surface area contributed by atoms with Gasteiger partial charge in [0.15, 0.2) is 5.82 Å². The molecule has 1 fully saturated rings. The number of aliphatic imine (C=N–C) groups is 1. The third-order valence-electron chi connectivity index (χ3n) is 6.52. The molecule has 6 rings (SSSR count). The summed E-state index contributed by atoms with van der Waals surface area (Å²) in [4.78, 5) is 40.9. The molecule has 1 spiro atoms. The van der Waals surface area contributed by atoms with Crippen LogP contribution in [0.3, 0.4) is 0 Å². The minimum Gasteiger partial charge on any atom is -0.331 e. The van der Waals surface area contributed by atoms with Crippen molar-refractivity contribution in [2.45, 2.75) is 31.8 Å². The Hall–Kier alpha value is -4.38. The second-order valence-electron chi connectivity index (χ2n) is 9.20. The van der Waals surface area contributed by atoms with E-state index in [-0.39, 0.29) is 24.0 Å². The summed E-state index contributed by atoms with van der Waals surface area (Å²) in [5, 5.41) is 10.8. The molecule has 38 heavy (non-hydrogen) atoms. The molecule has 3 heterocycles. The Morgan fingerprint density at radius 2 is 1.89 bits per heavy atom. The molecule has 2 aromatic carbocycles. The van der Waals surface area contributed by atoms with Crippen molar-refractivity contribution < 1.29 is 14.0 Å². The number of rotatable bonds is 6. The van der Waals surface area contributed by atoms with Gasteiger partial charge in [-0.3, -0.25) is 19.7 Å². The van der Waals surface area contributed by atoms with E-state index in [1.807, 2.05) is 30.3 Å². The van der Waals surface area contributed by atoms with Crippen molar-refractivity contribution in [1.29, 1.82) is 0 Å². The third-order valence-corrected chi connectivity index (χ3v) is 6.82. The number of pyridine rings is 1. The summed E-state index contributed by atoms with van der Waals surface area (Å²) in [7, 11) is 0. The number of aryl methyl sites for hydroxylation is 1. The van der Waals surface area contributed by atoms with Gasteiger partial charge in [-0.25, -0.2) is 18.9 Å². The SMILES string of the molecule is Cc1nc(CNC(=O)NCC2=NC3(CC3)C(=O)N2c2ccc3cccnc3c2)n(-c2ccc(Cl)c(F)c2)n1. The zero-order valence-electron chi connectivity index (χ0n) is 20.3. The van der Waals surface area contributed by atoms with E-state index < -0.39 is 17.4 Å². The van der Waals surface area contributed by atoms with E-state index in [0.717, 1.165) is 10.9 Å². The van der Waals surface area contributed by atoms with Crippen LogP contribution in [0.25, 0.3) is 16.6 Å². The molecule has 0 bridgehead atoms. The highest BCUT2D eigenvalue weighted by molar-refractivity contribution is 6.30.